The molecule has 0 amide bonds. The number of ether oxygens (including phenoxy) is 3. The maximum absolute atomic E-state index is 12.6. The summed E-state index contributed by atoms with van der Waals surface area (Å²) in [6.45, 7) is 10.5. The molecule has 0 saturated carbocycles. The van der Waals surface area contributed by atoms with Gasteiger partial charge < -0.3 is 14.2 Å². The molecule has 164 valence electrons. The van der Waals surface area contributed by atoms with E-state index in [4.69, 9.17) is 14.2 Å². The average molecular weight is 438 g/mol. The quantitative estimate of drug-likeness (QED) is 0.144. The third-order valence-electron chi connectivity index (χ3n) is 4.97. The highest BCUT2D eigenvalue weighted by Gasteiger charge is 2.23. The summed E-state index contributed by atoms with van der Waals surface area (Å²) in [5, 5.41) is 2.26. The largest absolute Gasteiger partial charge is 0.457 e. The number of fused-ring (bicyclic) bond motifs is 2. The fourth-order valence-corrected chi connectivity index (χ4v) is 3.39. The summed E-state index contributed by atoms with van der Waals surface area (Å²) in [6.07, 6.45) is 0. The molecule has 0 atom stereocenters. The molecular weight excluding hydrogens is 416 g/mol. The van der Waals surface area contributed by atoms with E-state index in [1.807, 2.05) is 42.5 Å². The molecule has 0 N–H and O–H groups in total. The molecule has 0 radical (unpaired) electrons. The maximum Gasteiger partial charge on any atom is 0.338 e. The lowest BCUT2D eigenvalue weighted by Crippen LogP contribution is -2.11. The molecular formula is C28H22O5. The van der Waals surface area contributed by atoms with Crippen LogP contribution < -0.4 is 14.2 Å². The van der Waals surface area contributed by atoms with Crippen LogP contribution in [0.25, 0.3) is 21.5 Å². The molecule has 0 spiro atoms. The minimum Gasteiger partial charge on any atom is -0.457 e. The van der Waals surface area contributed by atoms with Gasteiger partial charge in [0.05, 0.1) is 5.39 Å². The normalized spacial score (nSPS) is 10.6. The molecule has 0 aliphatic carbocycles. The van der Waals surface area contributed by atoms with Crippen molar-refractivity contribution in [1.82, 2.24) is 0 Å². The van der Waals surface area contributed by atoms with Crippen molar-refractivity contribution in [2.75, 3.05) is 0 Å². The van der Waals surface area contributed by atoms with Gasteiger partial charge in [-0.1, -0.05) is 67.8 Å². The van der Waals surface area contributed by atoms with Crippen molar-refractivity contribution >= 4 is 33.5 Å². The molecule has 33 heavy (non-hydrogen) atoms. The summed E-state index contributed by atoms with van der Waals surface area (Å²) < 4.78 is 17.7. The Balaban J connectivity index is 2.07. The Kier molecular flexibility index (Phi) is 5.96. The Morgan fingerprint density at radius 1 is 0.636 bits per heavy atom. The number of benzene rings is 4. The van der Waals surface area contributed by atoms with Crippen molar-refractivity contribution in [3.05, 3.63) is 97.1 Å². The molecule has 0 bridgehead atoms. The summed E-state index contributed by atoms with van der Waals surface area (Å²) in [4.78, 5) is 25.0. The van der Waals surface area contributed by atoms with E-state index < -0.39 is 11.9 Å². The van der Waals surface area contributed by atoms with Gasteiger partial charge in [0, 0.05) is 27.3 Å². The van der Waals surface area contributed by atoms with Gasteiger partial charge >= 0.3 is 11.9 Å². The van der Waals surface area contributed by atoms with E-state index in [1.165, 1.54) is 0 Å². The molecule has 0 unspecified atom stereocenters. The van der Waals surface area contributed by atoms with E-state index in [9.17, 15) is 9.59 Å². The van der Waals surface area contributed by atoms with Gasteiger partial charge in [-0.15, -0.1) is 0 Å². The van der Waals surface area contributed by atoms with E-state index in [0.717, 1.165) is 0 Å². The fourth-order valence-electron chi connectivity index (χ4n) is 3.39. The summed E-state index contributed by atoms with van der Waals surface area (Å²) in [5.74, 6) is 0.570. The highest BCUT2D eigenvalue weighted by Crippen LogP contribution is 2.47. The van der Waals surface area contributed by atoms with Crippen molar-refractivity contribution in [3.8, 4) is 23.0 Å². The van der Waals surface area contributed by atoms with Crippen LogP contribution in [0.4, 0.5) is 0 Å². The molecule has 4 rings (SSSR count). The van der Waals surface area contributed by atoms with Crippen molar-refractivity contribution in [3.63, 3.8) is 0 Å². The highest BCUT2D eigenvalue weighted by molar-refractivity contribution is 6.15. The van der Waals surface area contributed by atoms with Crippen LogP contribution in [0.15, 0.2) is 97.1 Å². The molecule has 0 saturated heterocycles. The second kappa shape index (κ2) is 9.01. The van der Waals surface area contributed by atoms with Crippen LogP contribution in [-0.4, -0.2) is 11.9 Å². The van der Waals surface area contributed by atoms with E-state index in [-0.39, 0.29) is 11.1 Å². The summed E-state index contributed by atoms with van der Waals surface area (Å²) in [6, 6.07) is 21.8. The summed E-state index contributed by atoms with van der Waals surface area (Å²) in [7, 11) is 0. The van der Waals surface area contributed by atoms with Crippen molar-refractivity contribution in [2.45, 2.75) is 13.8 Å². The van der Waals surface area contributed by atoms with Crippen LogP contribution in [0.1, 0.15) is 13.8 Å². The van der Waals surface area contributed by atoms with Gasteiger partial charge in [0.1, 0.15) is 17.2 Å². The standard InChI is InChI=1S/C28H22O5/c1-17(2)27(29)32-25-20-13-8-9-14-21(20)26(33-28(30)18(3)4)24-22(25)15-10-16-23(24)31-19-11-6-5-7-12-19/h5-16H,1,3H2,2,4H3. The lowest BCUT2D eigenvalue weighted by Gasteiger charge is -2.18. The molecule has 0 aromatic heterocycles. The minimum atomic E-state index is -0.567. The number of esters is 2. The van der Waals surface area contributed by atoms with Crippen molar-refractivity contribution in [1.29, 1.82) is 0 Å². The second-order valence-electron chi connectivity index (χ2n) is 7.64. The van der Waals surface area contributed by atoms with Gasteiger partial charge in [0.15, 0.2) is 5.75 Å². The average Bonchev–Trinajstić information content (AvgIpc) is 2.81. The molecule has 5 nitrogen and oxygen atoms in total. The molecule has 0 aliphatic rings. The number of rotatable bonds is 6. The minimum absolute atomic E-state index is 0.256. The molecule has 0 fully saturated rings. The Bertz CT molecular complexity index is 1420. The smallest absolute Gasteiger partial charge is 0.338 e. The first kappa shape index (κ1) is 21.8. The van der Waals surface area contributed by atoms with Crippen LogP contribution in [0.3, 0.4) is 0 Å². The third-order valence-corrected chi connectivity index (χ3v) is 4.97. The topological polar surface area (TPSA) is 61.8 Å². The zero-order valence-electron chi connectivity index (χ0n) is 18.4. The Morgan fingerprint density at radius 2 is 1.15 bits per heavy atom. The molecule has 0 heterocycles. The van der Waals surface area contributed by atoms with E-state index >= 15 is 0 Å². The second-order valence-corrected chi connectivity index (χ2v) is 7.64. The number of para-hydroxylation sites is 1. The van der Waals surface area contributed by atoms with Gasteiger partial charge in [0.2, 0.25) is 0 Å². The molecule has 5 heteroatoms. The third kappa shape index (κ3) is 4.34. The SMILES string of the molecule is C=C(C)C(=O)Oc1c2ccccc2c(OC(=O)C(=C)C)c2c(Oc3ccccc3)cccc12. The van der Waals surface area contributed by atoms with E-state index in [1.54, 1.807) is 44.2 Å². The highest BCUT2D eigenvalue weighted by atomic mass is 16.5. The van der Waals surface area contributed by atoms with Gasteiger partial charge in [0.25, 0.3) is 0 Å². The first-order valence-corrected chi connectivity index (χ1v) is 10.3. The summed E-state index contributed by atoms with van der Waals surface area (Å²) in [5.41, 5.74) is 0.521. The monoisotopic (exact) mass is 438 g/mol. The first-order chi connectivity index (χ1) is 15.9. The Hall–Kier alpha value is -4.38. The summed E-state index contributed by atoms with van der Waals surface area (Å²) >= 11 is 0. The number of hydrogen-bond donors (Lipinski definition) is 0. The molecule has 4 aromatic carbocycles. The Labute approximate surface area is 191 Å². The maximum atomic E-state index is 12.6. The van der Waals surface area contributed by atoms with Crippen molar-refractivity contribution in [2.24, 2.45) is 0 Å². The van der Waals surface area contributed by atoms with Crippen LogP contribution >= 0.6 is 0 Å². The van der Waals surface area contributed by atoms with Gasteiger partial charge in [-0.3, -0.25) is 0 Å². The van der Waals surface area contributed by atoms with Crippen molar-refractivity contribution < 1.29 is 23.8 Å². The predicted octanol–water partition coefficient (Wildman–Crippen LogP) is 6.75. The Morgan fingerprint density at radius 3 is 1.76 bits per heavy atom. The van der Waals surface area contributed by atoms with Crippen LogP contribution in [0.5, 0.6) is 23.0 Å². The lowest BCUT2D eigenvalue weighted by molar-refractivity contribution is -0.130. The van der Waals surface area contributed by atoms with E-state index in [0.29, 0.717) is 44.5 Å². The number of hydrogen-bond acceptors (Lipinski definition) is 5. The lowest BCUT2D eigenvalue weighted by atomic mass is 9.99. The van der Waals surface area contributed by atoms with Crippen LogP contribution in [0, 0.1) is 0 Å². The fraction of sp³-hybridized carbons (Fsp3) is 0.0714. The van der Waals surface area contributed by atoms with E-state index in [2.05, 4.69) is 13.2 Å². The van der Waals surface area contributed by atoms with Crippen LogP contribution in [-0.2, 0) is 9.59 Å². The van der Waals surface area contributed by atoms with Gasteiger partial charge in [-0.25, -0.2) is 9.59 Å². The first-order valence-electron chi connectivity index (χ1n) is 10.3. The molecule has 4 aromatic rings. The zero-order valence-corrected chi connectivity index (χ0v) is 18.4. The molecule has 0 aliphatic heterocycles. The number of carbonyl (C=O) groups excluding carboxylic acids is 2. The van der Waals surface area contributed by atoms with Gasteiger partial charge in [-0.2, -0.15) is 0 Å². The predicted molar refractivity (Wildman–Crippen MR) is 129 cm³/mol. The number of carbonyl (C=O) groups is 2. The van der Waals surface area contributed by atoms with Gasteiger partial charge in [-0.05, 0) is 32.0 Å². The van der Waals surface area contributed by atoms with Crippen LogP contribution in [0.2, 0.25) is 0 Å². The zero-order chi connectivity index (χ0) is 23.5.